The molecule has 0 saturated heterocycles. The average Bonchev–Trinajstić information content (AvgIpc) is 0.763. The Morgan fingerprint density at radius 3 is 0.882 bits per heavy atom. The molecule has 0 saturated carbocycles. The van der Waals surface area contributed by atoms with Gasteiger partial charge in [0.05, 0.1) is 11.4 Å². The molecule has 19 aromatic rings. The van der Waals surface area contributed by atoms with Crippen molar-refractivity contribution < 1.29 is 0 Å². The molecule has 2 heteroatoms. The molecule has 0 heterocycles. The first-order chi connectivity index (χ1) is 50.5. The SMILES string of the molecule is c1ccc(-c2ccc(N(c3ccc(-c4ccc5ccc6c7cc(-c8ccc(-c9ccc(N(c%10ccccc%10)c%10ccc(-c%11ccc%12ccc%13c%14ccccc%14ccc%13c%12c%11)cc%10)c(-c%10ccccc%10)c9)cc8)ccc7ccc6c5c4)cc3)c3ccc(-c4ccccc4)c4ccccc34)cc2)cc1. The van der Waals surface area contributed by atoms with E-state index in [1.54, 1.807) is 0 Å². The normalized spacial score (nSPS) is 11.5. The van der Waals surface area contributed by atoms with Crippen molar-refractivity contribution in [1.82, 2.24) is 0 Å². The molecule has 0 radical (unpaired) electrons. The molecule has 19 aromatic carbocycles. The van der Waals surface area contributed by atoms with E-state index in [2.05, 4.69) is 410 Å². The summed E-state index contributed by atoms with van der Waals surface area (Å²) in [5, 5.41) is 17.4. The minimum atomic E-state index is 1.08. The summed E-state index contributed by atoms with van der Waals surface area (Å²) >= 11 is 0. The topological polar surface area (TPSA) is 6.48 Å². The summed E-state index contributed by atoms with van der Waals surface area (Å²) in [6.45, 7) is 0. The van der Waals surface area contributed by atoms with E-state index >= 15 is 0 Å². The molecule has 0 spiro atoms. The van der Waals surface area contributed by atoms with Gasteiger partial charge in [0.25, 0.3) is 0 Å². The van der Waals surface area contributed by atoms with Gasteiger partial charge in [0.15, 0.2) is 0 Å². The predicted octanol–water partition coefficient (Wildman–Crippen LogP) is 28.4. The molecule has 476 valence electrons. The van der Waals surface area contributed by atoms with Gasteiger partial charge >= 0.3 is 0 Å². The Hall–Kier alpha value is -13.4. The van der Waals surface area contributed by atoms with E-state index < -0.39 is 0 Å². The fourth-order valence-electron chi connectivity index (χ4n) is 15.7. The van der Waals surface area contributed by atoms with Crippen LogP contribution in [0, 0.1) is 0 Å². The van der Waals surface area contributed by atoms with Crippen molar-refractivity contribution in [3.8, 4) is 77.9 Å². The van der Waals surface area contributed by atoms with E-state index in [1.165, 1.54) is 125 Å². The molecular formula is C100H66N2. The molecule has 102 heavy (non-hydrogen) atoms. The second-order valence-electron chi connectivity index (χ2n) is 26.7. The van der Waals surface area contributed by atoms with Gasteiger partial charge in [-0.1, -0.05) is 315 Å². The maximum atomic E-state index is 2.41. The largest absolute Gasteiger partial charge is 0.310 e. The summed E-state index contributed by atoms with van der Waals surface area (Å²) < 4.78 is 0. The molecule has 0 N–H and O–H groups in total. The summed E-state index contributed by atoms with van der Waals surface area (Å²) in [4.78, 5) is 4.81. The lowest BCUT2D eigenvalue weighted by Crippen LogP contribution is -2.11. The van der Waals surface area contributed by atoms with Crippen LogP contribution in [0.4, 0.5) is 34.1 Å². The van der Waals surface area contributed by atoms with Gasteiger partial charge in [0.2, 0.25) is 0 Å². The highest BCUT2D eigenvalue weighted by molar-refractivity contribution is 6.20. The quantitative estimate of drug-likeness (QED) is 0.106. The number of hydrogen-bond donors (Lipinski definition) is 0. The highest BCUT2D eigenvalue weighted by Gasteiger charge is 2.22. The lowest BCUT2D eigenvalue weighted by atomic mass is 9.92. The number of hydrogen-bond acceptors (Lipinski definition) is 2. The maximum Gasteiger partial charge on any atom is 0.0540 e. The van der Waals surface area contributed by atoms with Crippen LogP contribution >= 0.6 is 0 Å². The van der Waals surface area contributed by atoms with Gasteiger partial charge in [-0.05, 0) is 227 Å². The molecule has 0 bridgehead atoms. The van der Waals surface area contributed by atoms with Gasteiger partial charge in [0.1, 0.15) is 0 Å². The Morgan fingerprint density at radius 2 is 0.412 bits per heavy atom. The third-order valence-electron chi connectivity index (χ3n) is 20.8. The van der Waals surface area contributed by atoms with Crippen LogP contribution < -0.4 is 9.80 Å². The molecule has 0 aliphatic carbocycles. The molecule has 0 atom stereocenters. The van der Waals surface area contributed by atoms with E-state index in [-0.39, 0.29) is 0 Å². The van der Waals surface area contributed by atoms with Crippen molar-refractivity contribution >= 4 is 110 Å². The smallest absolute Gasteiger partial charge is 0.0540 e. The lowest BCUT2D eigenvalue weighted by Gasteiger charge is -2.28. The minimum absolute atomic E-state index is 1.08. The summed E-state index contributed by atoms with van der Waals surface area (Å²) in [6, 6.07) is 147. The number of benzene rings is 19. The summed E-state index contributed by atoms with van der Waals surface area (Å²) in [5.74, 6) is 0. The maximum absolute atomic E-state index is 2.41. The Bertz CT molecular complexity index is 6370. The first-order valence-electron chi connectivity index (χ1n) is 35.2. The molecule has 0 aliphatic rings. The number of para-hydroxylation sites is 1. The molecular weight excluding hydrogens is 1230 g/mol. The first-order valence-corrected chi connectivity index (χ1v) is 35.2. The van der Waals surface area contributed by atoms with Crippen molar-refractivity contribution in [2.24, 2.45) is 0 Å². The van der Waals surface area contributed by atoms with Gasteiger partial charge in [-0.25, -0.2) is 0 Å². The van der Waals surface area contributed by atoms with Crippen molar-refractivity contribution in [1.29, 1.82) is 0 Å². The van der Waals surface area contributed by atoms with Crippen LogP contribution in [0.3, 0.4) is 0 Å². The molecule has 0 aliphatic heterocycles. The highest BCUT2D eigenvalue weighted by Crippen LogP contribution is 2.47. The second-order valence-corrected chi connectivity index (χ2v) is 26.7. The predicted molar refractivity (Wildman–Crippen MR) is 436 cm³/mol. The van der Waals surface area contributed by atoms with Crippen molar-refractivity contribution in [3.63, 3.8) is 0 Å². The Kier molecular flexibility index (Phi) is 14.9. The van der Waals surface area contributed by atoms with Crippen LogP contribution in [0.1, 0.15) is 0 Å². The van der Waals surface area contributed by atoms with E-state index in [9.17, 15) is 0 Å². The van der Waals surface area contributed by atoms with Gasteiger partial charge < -0.3 is 9.80 Å². The fourth-order valence-corrected chi connectivity index (χ4v) is 15.7. The van der Waals surface area contributed by atoms with Gasteiger partial charge in [-0.3, -0.25) is 0 Å². The first kappa shape index (κ1) is 59.8. The minimum Gasteiger partial charge on any atom is -0.310 e. The Morgan fingerprint density at radius 1 is 0.127 bits per heavy atom. The van der Waals surface area contributed by atoms with Crippen LogP contribution in [0.15, 0.2) is 400 Å². The zero-order chi connectivity index (χ0) is 67.5. The van der Waals surface area contributed by atoms with E-state index in [0.29, 0.717) is 0 Å². The fraction of sp³-hybridized carbons (Fsp3) is 0. The Labute approximate surface area is 593 Å². The molecule has 0 amide bonds. The number of nitrogens with zero attached hydrogens (tertiary/aromatic N) is 2. The van der Waals surface area contributed by atoms with Crippen LogP contribution in [-0.2, 0) is 0 Å². The Balaban J connectivity index is 0.628. The molecule has 0 fully saturated rings. The summed E-state index contributed by atoms with van der Waals surface area (Å²) in [6.07, 6.45) is 0. The lowest BCUT2D eigenvalue weighted by molar-refractivity contribution is 1.28. The van der Waals surface area contributed by atoms with E-state index in [1.807, 2.05) is 0 Å². The highest BCUT2D eigenvalue weighted by atomic mass is 15.1. The van der Waals surface area contributed by atoms with E-state index in [4.69, 9.17) is 0 Å². The third-order valence-corrected chi connectivity index (χ3v) is 20.8. The van der Waals surface area contributed by atoms with Crippen molar-refractivity contribution in [2.75, 3.05) is 9.80 Å². The van der Waals surface area contributed by atoms with Crippen molar-refractivity contribution in [2.45, 2.75) is 0 Å². The van der Waals surface area contributed by atoms with Crippen LogP contribution in [0.5, 0.6) is 0 Å². The van der Waals surface area contributed by atoms with Gasteiger partial charge in [-0.15, -0.1) is 0 Å². The zero-order valence-corrected chi connectivity index (χ0v) is 56.0. The molecule has 19 rings (SSSR count). The zero-order valence-electron chi connectivity index (χ0n) is 56.0. The molecule has 0 aromatic heterocycles. The standard InChI is InChI=1S/C100H66N2/c1-5-17-67(18-6-1)68-39-50-85(51-40-68)102(99-62-60-88(73-19-7-2-8-20-73)89-27-15-16-28-94(89)99)86-54-43-72(44-55-86)81-38-35-78-48-58-92-93(97(78)65-81)59-47-77-33-36-79(63-96(77)92)69-29-31-70(32-30-69)82-49-61-100(98(66-82)74-21-9-3-10-22-74)101(83-24-11-4-12-25-83)84-52-41-71(42-53-84)80-37-34-76-46-56-90-87-26-14-13-23-75(87)45-57-91(90)95(76)64-80/h1-66H. The number of rotatable bonds is 13. The third kappa shape index (κ3) is 10.9. The van der Waals surface area contributed by atoms with E-state index in [0.717, 1.165) is 61.9 Å². The summed E-state index contributed by atoms with van der Waals surface area (Å²) in [7, 11) is 0. The monoisotopic (exact) mass is 1290 g/mol. The average molecular weight is 1300 g/mol. The van der Waals surface area contributed by atoms with Crippen molar-refractivity contribution in [3.05, 3.63) is 400 Å². The van der Waals surface area contributed by atoms with Crippen LogP contribution in [0.25, 0.3) is 153 Å². The summed E-state index contributed by atoms with van der Waals surface area (Å²) in [5.41, 5.74) is 23.1. The molecule has 0 unspecified atom stereocenters. The second kappa shape index (κ2) is 25.5. The number of anilines is 6. The van der Waals surface area contributed by atoms with Gasteiger partial charge in [0, 0.05) is 33.7 Å². The molecule has 2 nitrogen and oxygen atoms in total. The van der Waals surface area contributed by atoms with Crippen LogP contribution in [-0.4, -0.2) is 0 Å². The number of fused-ring (bicyclic) bond motifs is 11. The van der Waals surface area contributed by atoms with Gasteiger partial charge in [-0.2, -0.15) is 0 Å². The van der Waals surface area contributed by atoms with Crippen LogP contribution in [0.2, 0.25) is 0 Å².